The van der Waals surface area contributed by atoms with E-state index in [4.69, 9.17) is 11.6 Å². The topological polar surface area (TPSA) is 34.1 Å². The first kappa shape index (κ1) is 11.6. The lowest BCUT2D eigenvalue weighted by molar-refractivity contribution is 0.611. The fourth-order valence-electron chi connectivity index (χ4n) is 0.739. The molecule has 0 radical (unpaired) electrons. The van der Waals surface area contributed by atoms with E-state index in [1.165, 1.54) is 0 Å². The fraction of sp³-hybridized carbons (Fsp3) is 0.111. The van der Waals surface area contributed by atoms with Crippen molar-refractivity contribution >= 4 is 37.4 Å². The maximum atomic E-state index is 10.8. The minimum Gasteiger partial charge on any atom is -0.216 e. The molecule has 5 heteroatoms. The second-order valence-electron chi connectivity index (χ2n) is 2.62. The van der Waals surface area contributed by atoms with Crippen LogP contribution < -0.4 is 0 Å². The molecule has 0 aliphatic carbocycles. The number of rotatable bonds is 0. The third-order valence-corrected chi connectivity index (χ3v) is 2.58. The number of halogens is 2. The maximum Gasteiger partial charge on any atom is 0.214 e. The Balaban J connectivity index is 3.15. The monoisotopic (exact) mass is 292 g/mol. The lowest BCUT2D eigenvalue weighted by atomic mass is 10.2. The van der Waals surface area contributed by atoms with Crippen molar-refractivity contribution in [3.63, 3.8) is 0 Å². The Bertz CT molecular complexity index is 511. The Morgan fingerprint density at radius 2 is 2.07 bits per heavy atom. The van der Waals surface area contributed by atoms with Crippen LogP contribution in [0, 0.1) is 11.2 Å². The Labute approximate surface area is 96.3 Å². The van der Waals surface area contributed by atoms with Gasteiger partial charge in [0.05, 0.1) is 11.3 Å². The molecule has 0 fully saturated rings. The quantitative estimate of drug-likeness (QED) is 0.689. The molecule has 0 aromatic heterocycles. The summed E-state index contributed by atoms with van der Waals surface area (Å²) in [6, 6.07) is 5.07. The van der Waals surface area contributed by atoms with Crippen LogP contribution in [0.4, 0.5) is 0 Å². The third kappa shape index (κ3) is 3.70. The summed E-state index contributed by atoms with van der Waals surface area (Å²) in [7, 11) is -3.28. The SMILES string of the molecule is CS(=O)(=O)C#Cc1ccc(Br)cc1Cl. The molecule has 74 valence electrons. The highest BCUT2D eigenvalue weighted by Gasteiger charge is 1.98. The molecule has 1 aromatic rings. The summed E-state index contributed by atoms with van der Waals surface area (Å²) in [5.41, 5.74) is 0.500. The van der Waals surface area contributed by atoms with Gasteiger partial charge in [0.25, 0.3) is 0 Å². The number of hydrogen-bond donors (Lipinski definition) is 0. The molecule has 2 nitrogen and oxygen atoms in total. The molecule has 0 heterocycles. The van der Waals surface area contributed by atoms with E-state index in [0.717, 1.165) is 10.7 Å². The summed E-state index contributed by atoms with van der Waals surface area (Å²) in [4.78, 5) is 0. The molecule has 1 rings (SSSR count). The van der Waals surface area contributed by atoms with Crippen molar-refractivity contribution in [3.8, 4) is 11.2 Å². The van der Waals surface area contributed by atoms with Gasteiger partial charge in [-0.25, -0.2) is 8.42 Å². The van der Waals surface area contributed by atoms with E-state index in [9.17, 15) is 8.42 Å². The van der Waals surface area contributed by atoms with Crippen LogP contribution in [0.2, 0.25) is 5.02 Å². The molecule has 0 aliphatic rings. The van der Waals surface area contributed by atoms with Crippen molar-refractivity contribution in [2.75, 3.05) is 6.26 Å². The van der Waals surface area contributed by atoms with E-state index >= 15 is 0 Å². The van der Waals surface area contributed by atoms with Crippen LogP contribution >= 0.6 is 27.5 Å². The minimum atomic E-state index is -3.28. The first-order chi connectivity index (χ1) is 6.38. The highest BCUT2D eigenvalue weighted by atomic mass is 79.9. The van der Waals surface area contributed by atoms with Crippen molar-refractivity contribution in [2.45, 2.75) is 0 Å². The molecule has 14 heavy (non-hydrogen) atoms. The average Bonchev–Trinajstić information content (AvgIpc) is 2.00. The normalized spacial score (nSPS) is 10.5. The van der Waals surface area contributed by atoms with Gasteiger partial charge in [-0.1, -0.05) is 27.5 Å². The largest absolute Gasteiger partial charge is 0.216 e. The molecular formula is C9H6BrClO2S. The summed E-state index contributed by atoms with van der Waals surface area (Å²) >= 11 is 9.07. The Morgan fingerprint density at radius 1 is 1.43 bits per heavy atom. The van der Waals surface area contributed by atoms with E-state index in [2.05, 4.69) is 27.1 Å². The Hall–Kier alpha value is -0.500. The van der Waals surface area contributed by atoms with Crippen molar-refractivity contribution in [2.24, 2.45) is 0 Å². The molecule has 0 aliphatic heterocycles. The molecule has 0 unspecified atom stereocenters. The van der Waals surface area contributed by atoms with E-state index in [1.54, 1.807) is 18.2 Å². The van der Waals surface area contributed by atoms with Gasteiger partial charge in [0, 0.05) is 15.3 Å². The summed E-state index contributed by atoms with van der Waals surface area (Å²) in [5.74, 6) is 2.49. The van der Waals surface area contributed by atoms with E-state index in [-0.39, 0.29) is 0 Å². The maximum absolute atomic E-state index is 10.8. The van der Waals surface area contributed by atoms with Gasteiger partial charge in [-0.2, -0.15) is 0 Å². The van der Waals surface area contributed by atoms with E-state index in [0.29, 0.717) is 10.6 Å². The predicted molar refractivity (Wildman–Crippen MR) is 60.9 cm³/mol. The number of sulfone groups is 1. The van der Waals surface area contributed by atoms with E-state index in [1.807, 2.05) is 0 Å². The van der Waals surface area contributed by atoms with Crippen LogP contribution in [0.3, 0.4) is 0 Å². The Morgan fingerprint density at radius 3 is 2.57 bits per heavy atom. The summed E-state index contributed by atoms with van der Waals surface area (Å²) in [5, 5.41) is 2.55. The van der Waals surface area contributed by atoms with Gasteiger partial charge in [0.15, 0.2) is 0 Å². The van der Waals surface area contributed by atoms with Crippen molar-refractivity contribution in [1.82, 2.24) is 0 Å². The molecule has 0 saturated carbocycles. The summed E-state index contributed by atoms with van der Waals surface area (Å²) in [6.45, 7) is 0. The first-order valence-corrected chi connectivity index (χ1v) is 6.62. The molecular weight excluding hydrogens is 288 g/mol. The molecule has 0 N–H and O–H groups in total. The zero-order valence-corrected chi connectivity index (χ0v) is 10.4. The van der Waals surface area contributed by atoms with Gasteiger partial charge in [0.1, 0.15) is 0 Å². The van der Waals surface area contributed by atoms with Gasteiger partial charge in [-0.05, 0) is 24.1 Å². The van der Waals surface area contributed by atoms with Gasteiger partial charge in [0.2, 0.25) is 9.84 Å². The number of benzene rings is 1. The lowest BCUT2D eigenvalue weighted by Crippen LogP contribution is -1.89. The van der Waals surface area contributed by atoms with Crippen LogP contribution in [0.15, 0.2) is 22.7 Å². The molecule has 0 saturated heterocycles. The fourth-order valence-corrected chi connectivity index (χ4v) is 1.75. The standard InChI is InChI=1S/C9H6BrClO2S/c1-14(12,13)5-4-7-2-3-8(10)6-9(7)11/h2-3,6H,1H3. The smallest absolute Gasteiger partial charge is 0.214 e. The van der Waals surface area contributed by atoms with Crippen LogP contribution in [-0.4, -0.2) is 14.7 Å². The van der Waals surface area contributed by atoms with Crippen LogP contribution in [-0.2, 0) is 9.84 Å². The van der Waals surface area contributed by atoms with Crippen molar-refractivity contribution < 1.29 is 8.42 Å². The van der Waals surface area contributed by atoms with Crippen LogP contribution in [0.25, 0.3) is 0 Å². The highest BCUT2D eigenvalue weighted by molar-refractivity contribution is 9.10. The first-order valence-electron chi connectivity index (χ1n) is 3.56. The zero-order valence-electron chi connectivity index (χ0n) is 7.21. The van der Waals surface area contributed by atoms with Gasteiger partial charge >= 0.3 is 0 Å². The lowest BCUT2D eigenvalue weighted by Gasteiger charge is -1.95. The molecule has 0 atom stereocenters. The number of hydrogen-bond acceptors (Lipinski definition) is 2. The molecule has 1 aromatic carbocycles. The van der Waals surface area contributed by atoms with Crippen LogP contribution in [0.5, 0.6) is 0 Å². The highest BCUT2D eigenvalue weighted by Crippen LogP contribution is 2.20. The summed E-state index contributed by atoms with van der Waals surface area (Å²) < 4.78 is 22.3. The van der Waals surface area contributed by atoms with Gasteiger partial charge in [-0.15, -0.1) is 0 Å². The van der Waals surface area contributed by atoms with Crippen molar-refractivity contribution in [1.29, 1.82) is 0 Å². The van der Waals surface area contributed by atoms with Gasteiger partial charge < -0.3 is 0 Å². The predicted octanol–water partition coefficient (Wildman–Crippen LogP) is 2.46. The summed E-state index contributed by atoms with van der Waals surface area (Å²) in [6.07, 6.45) is 1.05. The van der Waals surface area contributed by atoms with E-state index < -0.39 is 9.84 Å². The van der Waals surface area contributed by atoms with Crippen LogP contribution in [0.1, 0.15) is 5.56 Å². The average molecular weight is 294 g/mol. The van der Waals surface area contributed by atoms with Crippen molar-refractivity contribution in [3.05, 3.63) is 33.3 Å². The third-order valence-electron chi connectivity index (χ3n) is 1.30. The zero-order chi connectivity index (χ0) is 10.8. The molecule has 0 amide bonds. The Kier molecular flexibility index (Phi) is 3.59. The molecule has 0 bridgehead atoms. The second kappa shape index (κ2) is 4.35. The van der Waals surface area contributed by atoms with Gasteiger partial charge in [-0.3, -0.25) is 0 Å². The molecule has 0 spiro atoms. The second-order valence-corrected chi connectivity index (χ2v) is 5.69. The minimum absolute atomic E-state index is 0.426.